The molecule has 0 aromatic heterocycles. The van der Waals surface area contributed by atoms with Crippen molar-refractivity contribution in [2.75, 3.05) is 7.11 Å². The fraction of sp³-hybridized carbons (Fsp3) is 0.244. The van der Waals surface area contributed by atoms with E-state index in [4.69, 9.17) is 9.57 Å². The number of hydroxylamine groups is 2. The molecule has 1 aliphatic rings. The predicted octanol–water partition coefficient (Wildman–Crippen LogP) is 7.90. The summed E-state index contributed by atoms with van der Waals surface area (Å²) in [6.45, 7) is 2.03. The molecule has 0 saturated carbocycles. The zero-order valence-electron chi connectivity index (χ0n) is 27.1. The van der Waals surface area contributed by atoms with Gasteiger partial charge in [0.05, 0.1) is 7.11 Å². The number of unbranched alkanes of at least 4 members (excludes halogenated alkanes) is 2. The number of aliphatic hydroxyl groups is 1. The van der Waals surface area contributed by atoms with Gasteiger partial charge in [0.25, 0.3) is 11.8 Å². The molecule has 242 valence electrons. The van der Waals surface area contributed by atoms with Crippen molar-refractivity contribution in [3.8, 4) is 5.75 Å². The summed E-state index contributed by atoms with van der Waals surface area (Å²) >= 11 is 0. The van der Waals surface area contributed by atoms with Gasteiger partial charge in [-0.2, -0.15) is 0 Å². The molecule has 7 rings (SSSR count). The molecule has 0 aliphatic carbocycles. The lowest BCUT2D eigenvalue weighted by Gasteiger charge is -2.32. The van der Waals surface area contributed by atoms with Crippen LogP contribution in [0.15, 0.2) is 97.1 Å². The minimum atomic E-state index is -1.45. The number of aryl methyl sites for hydroxylation is 2. The zero-order valence-corrected chi connectivity index (χ0v) is 27.1. The Morgan fingerprint density at radius 1 is 0.729 bits per heavy atom. The largest absolute Gasteiger partial charge is 0.496 e. The number of ether oxygens (including phenoxy) is 1. The van der Waals surface area contributed by atoms with Crippen molar-refractivity contribution in [3.63, 3.8) is 0 Å². The quantitative estimate of drug-likeness (QED) is 0.0671. The maximum Gasteiger partial charge on any atom is 0.333 e. The van der Waals surface area contributed by atoms with E-state index in [1.165, 1.54) is 21.5 Å². The van der Waals surface area contributed by atoms with Crippen LogP contribution in [-0.2, 0) is 31.2 Å². The fourth-order valence-corrected chi connectivity index (χ4v) is 7.02. The molecule has 1 saturated heterocycles. The summed E-state index contributed by atoms with van der Waals surface area (Å²) < 4.78 is 5.74. The minimum absolute atomic E-state index is 0.0726. The molecule has 0 spiro atoms. The van der Waals surface area contributed by atoms with Gasteiger partial charge in [-0.25, -0.2) is 4.79 Å². The van der Waals surface area contributed by atoms with E-state index < -0.39 is 23.4 Å². The summed E-state index contributed by atoms with van der Waals surface area (Å²) in [7, 11) is 1.64. The first-order chi connectivity index (χ1) is 23.3. The Morgan fingerprint density at radius 2 is 1.33 bits per heavy atom. The normalized spacial score (nSPS) is 14.7. The lowest BCUT2D eigenvalue weighted by Crippen LogP contribution is -2.31. The summed E-state index contributed by atoms with van der Waals surface area (Å²) in [5.74, 6) is -0.817. The van der Waals surface area contributed by atoms with E-state index in [2.05, 4.69) is 54.6 Å². The molecule has 1 unspecified atom stereocenters. The van der Waals surface area contributed by atoms with Gasteiger partial charge in [-0.3, -0.25) is 9.59 Å². The molecule has 48 heavy (non-hydrogen) atoms. The van der Waals surface area contributed by atoms with Crippen LogP contribution in [0.1, 0.15) is 66.3 Å². The third-order valence-corrected chi connectivity index (χ3v) is 9.57. The van der Waals surface area contributed by atoms with Crippen LogP contribution in [0.4, 0.5) is 0 Å². The van der Waals surface area contributed by atoms with Gasteiger partial charge in [0, 0.05) is 19.3 Å². The Kier molecular flexibility index (Phi) is 8.31. The van der Waals surface area contributed by atoms with Gasteiger partial charge in [0.15, 0.2) is 0 Å². The molecule has 6 aromatic rings. The van der Waals surface area contributed by atoms with Gasteiger partial charge in [-0.05, 0) is 105 Å². The van der Waals surface area contributed by atoms with Crippen LogP contribution in [-0.4, -0.2) is 35.1 Å². The number of carbonyl (C=O) groups excluding carboxylic acids is 3. The molecule has 7 nitrogen and oxygen atoms in total. The summed E-state index contributed by atoms with van der Waals surface area (Å²) in [6.07, 6.45) is 2.96. The molecule has 6 aromatic carbocycles. The SMILES string of the molecule is COc1ccc(C(O)(c2ccc(C)cc2)c2cc3ccc4cccc5ccc(c2)c3c45)cc1CCCCCC(=O)ON1C(=O)CCC1=O. The number of amides is 2. The highest BCUT2D eigenvalue weighted by molar-refractivity contribution is 6.23. The second-order valence-electron chi connectivity index (χ2n) is 12.7. The maximum absolute atomic E-state index is 13.0. The van der Waals surface area contributed by atoms with Crippen LogP contribution in [0.25, 0.3) is 32.3 Å². The van der Waals surface area contributed by atoms with Crippen molar-refractivity contribution in [2.45, 2.75) is 57.5 Å². The molecule has 1 aliphatic heterocycles. The van der Waals surface area contributed by atoms with E-state index in [0.717, 1.165) is 57.2 Å². The fourth-order valence-electron chi connectivity index (χ4n) is 7.02. The van der Waals surface area contributed by atoms with Gasteiger partial charge in [0.2, 0.25) is 0 Å². The third-order valence-electron chi connectivity index (χ3n) is 9.57. The van der Waals surface area contributed by atoms with E-state index in [-0.39, 0.29) is 19.3 Å². The Morgan fingerprint density at radius 3 is 1.98 bits per heavy atom. The smallest absolute Gasteiger partial charge is 0.333 e. The van der Waals surface area contributed by atoms with Gasteiger partial charge in [-0.15, -0.1) is 5.06 Å². The highest BCUT2D eigenvalue weighted by atomic mass is 16.7. The van der Waals surface area contributed by atoms with Gasteiger partial charge in [0.1, 0.15) is 11.4 Å². The number of benzene rings is 6. The molecule has 1 heterocycles. The number of hydrogen-bond acceptors (Lipinski definition) is 6. The van der Waals surface area contributed by atoms with E-state index in [1.54, 1.807) is 7.11 Å². The summed E-state index contributed by atoms with van der Waals surface area (Å²) in [5, 5.41) is 20.5. The number of nitrogens with zero attached hydrogens (tertiary/aromatic N) is 1. The first-order valence-electron chi connectivity index (χ1n) is 16.5. The number of carbonyl (C=O) groups is 3. The van der Waals surface area contributed by atoms with Crippen LogP contribution in [0, 0.1) is 6.92 Å². The van der Waals surface area contributed by atoms with E-state index in [1.807, 2.05) is 49.4 Å². The number of methoxy groups -OCH3 is 1. The molecule has 1 N–H and O–H groups in total. The van der Waals surface area contributed by atoms with Gasteiger partial charge < -0.3 is 14.7 Å². The Labute approximate surface area is 279 Å². The van der Waals surface area contributed by atoms with Crippen molar-refractivity contribution >= 4 is 50.1 Å². The van der Waals surface area contributed by atoms with Gasteiger partial charge >= 0.3 is 5.97 Å². The molecule has 2 amide bonds. The first kappa shape index (κ1) is 31.3. The second kappa shape index (κ2) is 12.7. The highest BCUT2D eigenvalue weighted by Crippen LogP contribution is 2.43. The van der Waals surface area contributed by atoms with Crippen LogP contribution in [0.5, 0.6) is 5.75 Å². The van der Waals surface area contributed by atoms with Crippen LogP contribution in [0.2, 0.25) is 0 Å². The number of hydrogen-bond donors (Lipinski definition) is 1. The first-order valence-corrected chi connectivity index (χ1v) is 16.5. The summed E-state index contributed by atoms with van der Waals surface area (Å²) in [4.78, 5) is 40.7. The summed E-state index contributed by atoms with van der Waals surface area (Å²) in [6, 6.07) is 33.1. The van der Waals surface area contributed by atoms with Crippen LogP contribution in [0.3, 0.4) is 0 Å². The van der Waals surface area contributed by atoms with E-state index >= 15 is 0 Å². The molecule has 7 heteroatoms. The van der Waals surface area contributed by atoms with Crippen molar-refractivity contribution < 1.29 is 29.1 Å². The highest BCUT2D eigenvalue weighted by Gasteiger charge is 2.35. The predicted molar refractivity (Wildman–Crippen MR) is 186 cm³/mol. The van der Waals surface area contributed by atoms with Crippen molar-refractivity contribution in [2.24, 2.45) is 0 Å². The molecular formula is C41H37NO6. The third kappa shape index (κ3) is 5.64. The van der Waals surface area contributed by atoms with E-state index in [9.17, 15) is 19.5 Å². The van der Waals surface area contributed by atoms with Crippen molar-refractivity contribution in [1.82, 2.24) is 5.06 Å². The monoisotopic (exact) mass is 639 g/mol. The molecule has 1 fully saturated rings. The number of rotatable bonds is 11. The number of imide groups is 1. The lowest BCUT2D eigenvalue weighted by atomic mass is 9.78. The molecule has 0 radical (unpaired) electrons. The Hall–Kier alpha value is -5.27. The molecule has 0 bridgehead atoms. The average Bonchev–Trinajstić information content (AvgIpc) is 3.42. The second-order valence-corrected chi connectivity index (χ2v) is 12.7. The minimum Gasteiger partial charge on any atom is -0.496 e. The van der Waals surface area contributed by atoms with Gasteiger partial charge in [-0.1, -0.05) is 84.8 Å². The lowest BCUT2D eigenvalue weighted by molar-refractivity contribution is -0.197. The topological polar surface area (TPSA) is 93.1 Å². The Balaban J connectivity index is 1.18. The van der Waals surface area contributed by atoms with Crippen molar-refractivity contribution in [3.05, 3.63) is 125 Å². The molecular weight excluding hydrogens is 602 g/mol. The summed E-state index contributed by atoms with van der Waals surface area (Å²) in [5.41, 5.74) is 2.89. The van der Waals surface area contributed by atoms with Crippen LogP contribution >= 0.6 is 0 Å². The average molecular weight is 640 g/mol. The zero-order chi connectivity index (χ0) is 33.4. The maximum atomic E-state index is 13.0. The van der Waals surface area contributed by atoms with E-state index in [0.29, 0.717) is 17.9 Å². The Bertz CT molecular complexity index is 2090. The van der Waals surface area contributed by atoms with Crippen LogP contribution < -0.4 is 4.74 Å². The van der Waals surface area contributed by atoms with Crippen molar-refractivity contribution in [1.29, 1.82) is 0 Å². The standard InChI is InChI=1S/C41H37NO6/c1-26-11-17-32(18-12-26)41(46,34-24-30-15-13-27-8-6-9-28-14-16-31(25-34)40(30)39(27)28)33-19-20-35(47-2)29(23-33)7-4-3-5-10-38(45)48-42-36(43)21-22-37(42)44/h6,8-9,11-20,23-25,46H,3-5,7,10,21-22H2,1-2H3. The molecule has 1 atom stereocenters.